The molecule has 2 aliphatic heterocycles. The third kappa shape index (κ3) is 5.73. The van der Waals surface area contributed by atoms with E-state index in [9.17, 15) is 9.59 Å². The van der Waals surface area contributed by atoms with Crippen molar-refractivity contribution in [3.8, 4) is 11.5 Å². The lowest BCUT2D eigenvalue weighted by atomic mass is 10.00. The highest BCUT2D eigenvalue weighted by Crippen LogP contribution is 2.34. The standard InChI is InChI=1S/C26H34N2O5S/c1-18(2)26(30)27(15-21-8-5-12-32-21)16-25(29)28-11-9-24-22(10-13-34-24)23(28)17-33-20-7-4-6-19(14-20)31-3/h4,6-7,10,13-14,18,21,23H,5,8-9,11-12,15-17H2,1-3H3/t21-,23+/m0/s1. The quantitative estimate of drug-likeness (QED) is 0.537. The maximum absolute atomic E-state index is 13.6. The van der Waals surface area contributed by atoms with Crippen LogP contribution in [0.4, 0.5) is 0 Å². The average molecular weight is 487 g/mol. The molecule has 2 aromatic rings. The zero-order valence-electron chi connectivity index (χ0n) is 20.2. The lowest BCUT2D eigenvalue weighted by Gasteiger charge is -2.37. The highest BCUT2D eigenvalue weighted by Gasteiger charge is 2.34. The van der Waals surface area contributed by atoms with E-state index in [1.807, 2.05) is 43.0 Å². The van der Waals surface area contributed by atoms with E-state index in [-0.39, 0.29) is 36.4 Å². The molecule has 1 saturated heterocycles. The lowest BCUT2D eigenvalue weighted by Crippen LogP contribution is -2.50. The van der Waals surface area contributed by atoms with Crippen LogP contribution in [0.25, 0.3) is 0 Å². The molecule has 0 spiro atoms. The van der Waals surface area contributed by atoms with E-state index < -0.39 is 0 Å². The fourth-order valence-corrected chi connectivity index (χ4v) is 5.55. The van der Waals surface area contributed by atoms with Crippen molar-refractivity contribution in [1.82, 2.24) is 9.80 Å². The van der Waals surface area contributed by atoms with Gasteiger partial charge in [0, 0.05) is 36.6 Å². The van der Waals surface area contributed by atoms with Crippen molar-refractivity contribution in [3.63, 3.8) is 0 Å². The van der Waals surface area contributed by atoms with Gasteiger partial charge in [-0.15, -0.1) is 11.3 Å². The van der Waals surface area contributed by atoms with Crippen molar-refractivity contribution in [2.45, 2.75) is 45.3 Å². The van der Waals surface area contributed by atoms with Crippen molar-refractivity contribution in [2.24, 2.45) is 5.92 Å². The van der Waals surface area contributed by atoms with Crippen molar-refractivity contribution in [1.29, 1.82) is 0 Å². The van der Waals surface area contributed by atoms with Gasteiger partial charge in [0.15, 0.2) is 0 Å². The fourth-order valence-electron chi connectivity index (χ4n) is 4.63. The highest BCUT2D eigenvalue weighted by molar-refractivity contribution is 7.10. The second-order valence-electron chi connectivity index (χ2n) is 9.15. The molecule has 1 aromatic heterocycles. The first-order valence-electron chi connectivity index (χ1n) is 12.0. The predicted octanol–water partition coefficient (Wildman–Crippen LogP) is 3.93. The molecule has 0 aliphatic carbocycles. The number of benzene rings is 1. The number of fused-ring (bicyclic) bond motifs is 1. The average Bonchev–Trinajstić information content (AvgIpc) is 3.53. The maximum atomic E-state index is 13.6. The van der Waals surface area contributed by atoms with Crippen LogP contribution < -0.4 is 9.47 Å². The first kappa shape index (κ1) is 24.5. The Morgan fingerprint density at radius 1 is 1.26 bits per heavy atom. The first-order chi connectivity index (χ1) is 16.5. The van der Waals surface area contributed by atoms with Gasteiger partial charge >= 0.3 is 0 Å². The smallest absolute Gasteiger partial charge is 0.242 e. The van der Waals surface area contributed by atoms with Gasteiger partial charge in [-0.1, -0.05) is 19.9 Å². The second kappa shape index (κ2) is 11.2. The van der Waals surface area contributed by atoms with Gasteiger partial charge in [-0.25, -0.2) is 0 Å². The molecule has 3 heterocycles. The Bertz CT molecular complexity index is 985. The van der Waals surface area contributed by atoms with Crippen LogP contribution in [-0.4, -0.2) is 67.7 Å². The first-order valence-corrected chi connectivity index (χ1v) is 12.9. The second-order valence-corrected chi connectivity index (χ2v) is 10.2. The number of rotatable bonds is 9. The minimum atomic E-state index is -0.201. The lowest BCUT2D eigenvalue weighted by molar-refractivity contribution is -0.145. The Hall–Kier alpha value is -2.58. The normalized spacial score (nSPS) is 19.7. The summed E-state index contributed by atoms with van der Waals surface area (Å²) in [4.78, 5) is 31.4. The van der Waals surface area contributed by atoms with Gasteiger partial charge in [-0.3, -0.25) is 9.59 Å². The number of hydrogen-bond acceptors (Lipinski definition) is 6. The molecule has 0 bridgehead atoms. The Morgan fingerprint density at radius 2 is 2.09 bits per heavy atom. The Labute approximate surface area is 205 Å². The van der Waals surface area contributed by atoms with Crippen LogP contribution >= 0.6 is 11.3 Å². The van der Waals surface area contributed by atoms with Crippen molar-refractivity contribution in [2.75, 3.05) is 40.0 Å². The van der Waals surface area contributed by atoms with Gasteiger partial charge in [0.25, 0.3) is 0 Å². The van der Waals surface area contributed by atoms with Crippen LogP contribution in [0.15, 0.2) is 35.7 Å². The van der Waals surface area contributed by atoms with E-state index >= 15 is 0 Å². The van der Waals surface area contributed by atoms with E-state index in [1.165, 1.54) is 4.88 Å². The number of nitrogens with zero attached hydrogens (tertiary/aromatic N) is 2. The molecule has 2 amide bonds. The topological polar surface area (TPSA) is 68.3 Å². The third-order valence-corrected chi connectivity index (χ3v) is 7.44. The summed E-state index contributed by atoms with van der Waals surface area (Å²) in [5, 5.41) is 2.07. The van der Waals surface area contributed by atoms with Gasteiger partial charge in [0.1, 0.15) is 18.1 Å². The van der Waals surface area contributed by atoms with Crippen LogP contribution in [0.1, 0.15) is 43.2 Å². The number of carbonyl (C=O) groups excluding carboxylic acids is 2. The van der Waals surface area contributed by atoms with Gasteiger partial charge in [0.2, 0.25) is 11.8 Å². The SMILES string of the molecule is COc1cccc(OC[C@@H]2c3ccsc3CCN2C(=O)CN(C[C@@H]2CCCO2)C(=O)C(C)C)c1. The minimum Gasteiger partial charge on any atom is -0.497 e. The largest absolute Gasteiger partial charge is 0.497 e. The van der Waals surface area contributed by atoms with Crippen molar-refractivity contribution < 1.29 is 23.8 Å². The van der Waals surface area contributed by atoms with Gasteiger partial charge in [-0.2, -0.15) is 0 Å². The molecule has 184 valence electrons. The molecule has 0 unspecified atom stereocenters. The predicted molar refractivity (Wildman–Crippen MR) is 131 cm³/mol. The van der Waals surface area contributed by atoms with Crippen LogP contribution in [0.2, 0.25) is 0 Å². The summed E-state index contributed by atoms with van der Waals surface area (Å²) >= 11 is 1.72. The molecule has 4 rings (SSSR count). The van der Waals surface area contributed by atoms with Crippen LogP contribution in [0, 0.1) is 5.92 Å². The molecule has 7 nitrogen and oxygen atoms in total. The van der Waals surface area contributed by atoms with Gasteiger partial charge in [-0.05, 0) is 48.4 Å². The summed E-state index contributed by atoms with van der Waals surface area (Å²) in [6, 6.07) is 9.36. The number of amides is 2. The van der Waals surface area contributed by atoms with Crippen LogP contribution in [0.5, 0.6) is 11.5 Å². The van der Waals surface area contributed by atoms with Gasteiger partial charge < -0.3 is 24.0 Å². The molecule has 34 heavy (non-hydrogen) atoms. The Balaban J connectivity index is 1.49. The summed E-state index contributed by atoms with van der Waals surface area (Å²) < 4.78 is 17.2. The zero-order chi connectivity index (χ0) is 24.1. The van der Waals surface area contributed by atoms with Crippen molar-refractivity contribution in [3.05, 3.63) is 46.2 Å². The number of methoxy groups -OCH3 is 1. The Kier molecular flexibility index (Phi) is 8.11. The number of ether oxygens (including phenoxy) is 3. The molecular formula is C26H34N2O5S. The third-order valence-electron chi connectivity index (χ3n) is 6.44. The van der Waals surface area contributed by atoms with Gasteiger partial charge in [0.05, 0.1) is 25.8 Å². The molecule has 1 fully saturated rings. The van der Waals surface area contributed by atoms with Crippen molar-refractivity contribution >= 4 is 23.2 Å². The summed E-state index contributed by atoms with van der Waals surface area (Å²) in [7, 11) is 1.62. The Morgan fingerprint density at radius 3 is 2.82 bits per heavy atom. The molecule has 2 aliphatic rings. The van der Waals surface area contributed by atoms with E-state index in [1.54, 1.807) is 23.3 Å². The molecule has 2 atom stereocenters. The summed E-state index contributed by atoms with van der Waals surface area (Å²) in [5.41, 5.74) is 1.13. The summed E-state index contributed by atoms with van der Waals surface area (Å²) in [5.74, 6) is 1.18. The molecule has 0 radical (unpaired) electrons. The van der Waals surface area contributed by atoms with Crippen LogP contribution in [-0.2, 0) is 20.7 Å². The number of carbonyl (C=O) groups is 2. The van der Waals surface area contributed by atoms with E-state index in [0.717, 1.165) is 37.2 Å². The fraction of sp³-hybridized carbons (Fsp3) is 0.538. The molecule has 0 saturated carbocycles. The summed E-state index contributed by atoms with van der Waals surface area (Å²) in [6.45, 7) is 5.95. The molecular weight excluding hydrogens is 452 g/mol. The summed E-state index contributed by atoms with van der Waals surface area (Å²) in [6.07, 6.45) is 2.75. The molecule has 0 N–H and O–H groups in total. The number of hydrogen-bond donors (Lipinski definition) is 0. The zero-order valence-corrected chi connectivity index (χ0v) is 21.0. The van der Waals surface area contributed by atoms with E-state index in [2.05, 4.69) is 11.4 Å². The van der Waals surface area contributed by atoms with E-state index in [4.69, 9.17) is 14.2 Å². The van der Waals surface area contributed by atoms with Crippen LogP contribution in [0.3, 0.4) is 0 Å². The van der Waals surface area contributed by atoms with E-state index in [0.29, 0.717) is 25.4 Å². The molecule has 8 heteroatoms. The highest BCUT2D eigenvalue weighted by atomic mass is 32.1. The minimum absolute atomic E-state index is 0.00697. The number of thiophene rings is 1. The monoisotopic (exact) mass is 486 g/mol. The molecule has 1 aromatic carbocycles. The maximum Gasteiger partial charge on any atom is 0.242 e.